The van der Waals surface area contributed by atoms with Crippen molar-refractivity contribution in [3.8, 4) is 57.2 Å². The Morgan fingerprint density at radius 2 is 0.798 bits per heavy atom. The zero-order valence-corrected chi connectivity index (χ0v) is 60.4. The van der Waals surface area contributed by atoms with E-state index in [1.165, 1.54) is 237 Å². The molecule has 0 radical (unpaired) electrons. The molecule has 0 saturated heterocycles. The van der Waals surface area contributed by atoms with Crippen LogP contribution in [-0.4, -0.2) is 15.3 Å². The van der Waals surface area contributed by atoms with E-state index in [1.54, 1.807) is 11.3 Å². The lowest BCUT2D eigenvalue weighted by Gasteiger charge is -2.19. The fourth-order valence-electron chi connectivity index (χ4n) is 13.0. The number of allylic oxidation sites excluding steroid dienone is 2. The van der Waals surface area contributed by atoms with E-state index in [4.69, 9.17) is 5.41 Å². The number of nitrogens with one attached hydrogen (secondary N) is 1. The molecule has 0 amide bonds. The fraction of sp³-hybridized carbons (Fsp3) is 0.526. The molecule has 0 spiro atoms. The summed E-state index contributed by atoms with van der Waals surface area (Å²) in [5.41, 5.74) is 11.7. The van der Waals surface area contributed by atoms with E-state index in [9.17, 15) is 15.8 Å². The van der Waals surface area contributed by atoms with Gasteiger partial charge in [-0.05, 0) is 147 Å². The smallest absolute Gasteiger partial charge is 0.131 e. The van der Waals surface area contributed by atoms with Crippen molar-refractivity contribution in [2.24, 2.45) is 11.8 Å². The third kappa shape index (κ3) is 16.3. The van der Waals surface area contributed by atoms with E-state index < -0.39 is 0 Å². The lowest BCUT2D eigenvalue weighted by molar-refractivity contribution is 0.398. The van der Waals surface area contributed by atoms with Gasteiger partial charge in [-0.25, -0.2) is 0 Å². The SMILES string of the molecule is CCCCCCc1cc(-c2sc(-c3cc4c(s3)c3sc5c6sc(-c7cc(CCCCCC)c(-c8cc(CCCCCC)c(/C=C(/C#N)C=N)s8)s7)cc6n(CC(CC)CCCC)c5c3n4CC(CC)CCCC)cc2CCCCCC)sc1C=C(C#N)C#N. The Morgan fingerprint density at radius 1 is 0.416 bits per heavy atom. The van der Waals surface area contributed by atoms with Gasteiger partial charge in [0.25, 0.3) is 0 Å². The molecule has 0 aliphatic rings. The summed E-state index contributed by atoms with van der Waals surface area (Å²) in [6.07, 6.45) is 38.0. The summed E-state index contributed by atoms with van der Waals surface area (Å²) in [4.78, 5) is 12.9. The first kappa shape index (κ1) is 68.5. The lowest BCUT2D eigenvalue weighted by Crippen LogP contribution is -2.12. The zero-order chi connectivity index (χ0) is 62.8. The van der Waals surface area contributed by atoms with E-state index in [-0.39, 0.29) is 5.57 Å². The molecular formula is C76H96N6S7. The number of rotatable bonds is 39. The molecule has 9 aromatic heterocycles. The second-order valence-corrected chi connectivity index (χ2v) is 32.4. The maximum atomic E-state index is 9.96. The van der Waals surface area contributed by atoms with Crippen LogP contribution in [-0.2, 0) is 38.8 Å². The second-order valence-electron chi connectivity index (χ2n) is 25.0. The van der Waals surface area contributed by atoms with E-state index in [2.05, 4.69) is 130 Å². The van der Waals surface area contributed by atoms with Crippen LogP contribution in [0.15, 0.2) is 47.5 Å². The number of aromatic nitrogens is 2. The van der Waals surface area contributed by atoms with Gasteiger partial charge in [-0.2, -0.15) is 15.8 Å². The third-order valence-corrected chi connectivity index (χ3v) is 27.4. The number of nitriles is 3. The van der Waals surface area contributed by atoms with Crippen LogP contribution in [0.25, 0.3) is 92.0 Å². The lowest BCUT2D eigenvalue weighted by atomic mass is 9.99. The van der Waals surface area contributed by atoms with Gasteiger partial charge in [0.15, 0.2) is 0 Å². The van der Waals surface area contributed by atoms with Crippen LogP contribution in [0, 0.1) is 51.2 Å². The Kier molecular flexibility index (Phi) is 26.3. The van der Waals surface area contributed by atoms with Gasteiger partial charge in [0.05, 0.1) is 46.4 Å². The first-order chi connectivity index (χ1) is 43.6. The summed E-state index contributed by atoms with van der Waals surface area (Å²) in [7, 11) is 0. The number of unbranched alkanes of at least 4 members (excludes halogenated alkanes) is 14. The van der Waals surface area contributed by atoms with Gasteiger partial charge >= 0.3 is 0 Å². The van der Waals surface area contributed by atoms with Crippen molar-refractivity contribution in [3.05, 3.63) is 79.6 Å². The Balaban J connectivity index is 1.22. The number of thiophene rings is 7. The highest BCUT2D eigenvalue weighted by Gasteiger charge is 2.30. The van der Waals surface area contributed by atoms with E-state index in [1.807, 2.05) is 68.8 Å². The minimum Gasteiger partial charge on any atom is -0.337 e. The molecule has 0 fully saturated rings. The van der Waals surface area contributed by atoms with Crippen LogP contribution < -0.4 is 0 Å². The normalized spacial score (nSPS) is 12.7. The molecule has 1 N–H and O–H groups in total. The van der Waals surface area contributed by atoms with E-state index in [0.29, 0.717) is 17.4 Å². The van der Waals surface area contributed by atoms with Crippen LogP contribution in [0.2, 0.25) is 0 Å². The van der Waals surface area contributed by atoms with E-state index in [0.717, 1.165) is 74.2 Å². The van der Waals surface area contributed by atoms with Gasteiger partial charge in [0, 0.05) is 68.1 Å². The van der Waals surface area contributed by atoms with Crippen LogP contribution >= 0.6 is 79.4 Å². The monoisotopic (exact) mass is 1320 g/mol. The number of hydrogen-bond donors (Lipinski definition) is 1. The molecule has 9 rings (SSSR count). The van der Waals surface area contributed by atoms with Crippen molar-refractivity contribution in [3.63, 3.8) is 0 Å². The summed E-state index contributed by atoms with van der Waals surface area (Å²) in [5, 5.41) is 37.7. The summed E-state index contributed by atoms with van der Waals surface area (Å²) in [6.45, 7) is 20.7. The molecule has 472 valence electrons. The van der Waals surface area contributed by atoms with Gasteiger partial charge in [0.1, 0.15) is 23.8 Å². The summed E-state index contributed by atoms with van der Waals surface area (Å²) in [5.74, 6) is 1.17. The maximum Gasteiger partial charge on any atom is 0.131 e. The van der Waals surface area contributed by atoms with Crippen LogP contribution in [0.4, 0.5) is 0 Å². The van der Waals surface area contributed by atoms with Crippen molar-refractivity contribution in [1.29, 1.82) is 21.2 Å². The Bertz CT molecular complexity index is 3950. The van der Waals surface area contributed by atoms with Crippen molar-refractivity contribution in [2.75, 3.05) is 0 Å². The Morgan fingerprint density at radius 3 is 1.17 bits per heavy atom. The number of nitrogens with zero attached hydrogens (tertiary/aromatic N) is 5. The second kappa shape index (κ2) is 34.1. The van der Waals surface area contributed by atoms with Crippen LogP contribution in [0.3, 0.4) is 0 Å². The maximum absolute atomic E-state index is 9.96. The topological polar surface area (TPSA) is 105 Å². The van der Waals surface area contributed by atoms with Crippen molar-refractivity contribution in [1.82, 2.24) is 9.13 Å². The minimum atomic E-state index is 0.174. The van der Waals surface area contributed by atoms with Crippen LogP contribution in [0.1, 0.15) is 241 Å². The molecule has 89 heavy (non-hydrogen) atoms. The molecule has 0 aromatic carbocycles. The van der Waals surface area contributed by atoms with Gasteiger partial charge in [-0.3, -0.25) is 0 Å². The number of fused-ring (bicyclic) bond motifs is 7. The van der Waals surface area contributed by atoms with Crippen LogP contribution in [0.5, 0.6) is 0 Å². The molecule has 6 nitrogen and oxygen atoms in total. The first-order valence-corrected chi connectivity index (χ1v) is 40.0. The Labute approximate surface area is 561 Å². The Hall–Kier alpha value is -4.88. The standard InChI is InChI=1S/C76H96N6S7/c1-9-17-23-27-33-55-39-67(83-61(55)37-53(45-77)46-78)71-57(35-29-25-19-11-3)41-63(85-71)65-43-59-73(87-65)75-69(81(59)49-51(15-7)31-21-13-5)70-76(89-75)74-60(82(70)50-52(16-8)32-22-14-6)44-66(88-74)64-42-58(36-30-26-20-12-4)72(86-64)68-40-56(34-28-24-18-10-2)62(84-68)38-54(47-79)48-80/h37-45,51-52,77H,9-36,49-50H2,1-8H3/b53-37+,77-45?. The average Bonchev–Trinajstić information content (AvgIpc) is 1.53. The highest BCUT2D eigenvalue weighted by atomic mass is 32.1. The van der Waals surface area contributed by atoms with Crippen molar-refractivity contribution >= 4 is 139 Å². The van der Waals surface area contributed by atoms with Gasteiger partial charge < -0.3 is 14.5 Å². The van der Waals surface area contributed by atoms with Crippen molar-refractivity contribution < 1.29 is 0 Å². The fourth-order valence-corrected chi connectivity index (χ4v) is 22.1. The summed E-state index contributed by atoms with van der Waals surface area (Å²) >= 11 is 13.6. The van der Waals surface area contributed by atoms with Gasteiger partial charge in [-0.15, -0.1) is 79.4 Å². The molecule has 2 atom stereocenters. The molecule has 2 unspecified atom stereocenters. The molecule has 9 aromatic rings. The first-order valence-electron chi connectivity index (χ1n) is 34.3. The number of hydrogen-bond acceptors (Lipinski definition) is 11. The van der Waals surface area contributed by atoms with Crippen molar-refractivity contribution in [2.45, 2.75) is 248 Å². The molecule has 9 heterocycles. The quantitative estimate of drug-likeness (QED) is 0.0236. The van der Waals surface area contributed by atoms with E-state index >= 15 is 0 Å². The molecule has 0 bridgehead atoms. The minimum absolute atomic E-state index is 0.174. The zero-order valence-electron chi connectivity index (χ0n) is 54.7. The summed E-state index contributed by atoms with van der Waals surface area (Å²) in [6, 6.07) is 21.7. The highest BCUT2D eigenvalue weighted by molar-refractivity contribution is 7.36. The molecular weight excluding hydrogens is 1220 g/mol. The predicted octanol–water partition coefficient (Wildman–Crippen LogP) is 26.9. The highest BCUT2D eigenvalue weighted by Crippen LogP contribution is 2.54. The number of aryl methyl sites for hydroxylation is 4. The molecule has 0 saturated carbocycles. The summed E-state index contributed by atoms with van der Waals surface area (Å²) < 4.78 is 11.4. The molecule has 0 aliphatic carbocycles. The largest absolute Gasteiger partial charge is 0.337 e. The third-order valence-electron chi connectivity index (χ3n) is 18.3. The molecule has 0 aliphatic heterocycles. The van der Waals surface area contributed by atoms with Gasteiger partial charge in [0.2, 0.25) is 0 Å². The van der Waals surface area contributed by atoms with Gasteiger partial charge in [-0.1, -0.05) is 171 Å². The molecule has 13 heteroatoms. The average molecular weight is 1320 g/mol. The predicted molar refractivity (Wildman–Crippen MR) is 399 cm³/mol.